The first-order valence-corrected chi connectivity index (χ1v) is 5.22. The van der Waals surface area contributed by atoms with Crippen LogP contribution in [0.2, 0.25) is 0 Å². The molecule has 0 fully saturated rings. The predicted octanol–water partition coefficient (Wildman–Crippen LogP) is 2.36. The van der Waals surface area contributed by atoms with Crippen LogP contribution in [-0.4, -0.2) is 9.97 Å². The maximum absolute atomic E-state index is 11.3. The van der Waals surface area contributed by atoms with Crippen LogP contribution in [-0.2, 0) is 0 Å². The van der Waals surface area contributed by atoms with E-state index in [1.807, 2.05) is 32.0 Å². The van der Waals surface area contributed by atoms with Gasteiger partial charge in [-0.05, 0) is 38.0 Å². The fourth-order valence-corrected chi connectivity index (χ4v) is 1.60. The van der Waals surface area contributed by atoms with Gasteiger partial charge >= 0.3 is 0 Å². The van der Waals surface area contributed by atoms with Crippen molar-refractivity contribution in [3.63, 3.8) is 0 Å². The average molecular weight is 214 g/mol. The van der Waals surface area contributed by atoms with Crippen molar-refractivity contribution in [2.75, 3.05) is 0 Å². The monoisotopic (exact) mass is 214 g/mol. The molecule has 0 atom stereocenters. The molecule has 0 bridgehead atoms. The maximum atomic E-state index is 11.3. The minimum absolute atomic E-state index is 0.110. The van der Waals surface area contributed by atoms with Gasteiger partial charge in [0.2, 0.25) is 0 Å². The van der Waals surface area contributed by atoms with Gasteiger partial charge in [0, 0.05) is 17.3 Å². The van der Waals surface area contributed by atoms with Crippen molar-refractivity contribution in [3.05, 3.63) is 51.4 Å². The fraction of sp³-hybridized carbons (Fsp3) is 0.231. The summed E-state index contributed by atoms with van der Waals surface area (Å²) in [4.78, 5) is 18.4. The van der Waals surface area contributed by atoms with Gasteiger partial charge in [0.25, 0.3) is 5.56 Å². The molecule has 0 radical (unpaired) electrons. The van der Waals surface area contributed by atoms with E-state index in [1.165, 1.54) is 17.2 Å². The van der Waals surface area contributed by atoms with Gasteiger partial charge in [0.05, 0.1) is 0 Å². The molecule has 0 unspecified atom stereocenters. The van der Waals surface area contributed by atoms with Gasteiger partial charge in [-0.25, -0.2) is 4.98 Å². The molecule has 3 heteroatoms. The molecule has 0 aliphatic rings. The number of nitrogens with one attached hydrogen (secondary N) is 1. The zero-order chi connectivity index (χ0) is 11.7. The summed E-state index contributed by atoms with van der Waals surface area (Å²) < 4.78 is 0. The fourth-order valence-electron chi connectivity index (χ4n) is 1.60. The van der Waals surface area contributed by atoms with Crippen molar-refractivity contribution in [1.29, 1.82) is 0 Å². The second kappa shape index (κ2) is 3.93. The third-order valence-electron chi connectivity index (χ3n) is 2.65. The lowest BCUT2D eigenvalue weighted by Crippen LogP contribution is -2.08. The van der Waals surface area contributed by atoms with Crippen molar-refractivity contribution < 1.29 is 0 Å². The molecule has 2 aromatic rings. The molecule has 0 aliphatic heterocycles. The number of rotatable bonds is 1. The first-order chi connectivity index (χ1) is 7.56. The highest BCUT2D eigenvalue weighted by Gasteiger charge is 2.03. The molecular formula is C13H14N2O. The van der Waals surface area contributed by atoms with Gasteiger partial charge in [0.1, 0.15) is 5.82 Å². The standard InChI is InChI=1S/C13H14N2O/c1-8-4-5-11(6-9(8)2)13-14-10(3)7-12(16)15-13/h4-7H,1-3H3,(H,14,15,16). The highest BCUT2D eigenvalue weighted by atomic mass is 16.1. The Morgan fingerprint density at radius 3 is 2.44 bits per heavy atom. The third-order valence-corrected chi connectivity index (χ3v) is 2.65. The minimum atomic E-state index is -0.110. The summed E-state index contributed by atoms with van der Waals surface area (Å²) in [6.07, 6.45) is 0. The summed E-state index contributed by atoms with van der Waals surface area (Å²) >= 11 is 0. The minimum Gasteiger partial charge on any atom is -0.307 e. The quantitative estimate of drug-likeness (QED) is 0.792. The van der Waals surface area contributed by atoms with Crippen molar-refractivity contribution in [2.45, 2.75) is 20.8 Å². The second-order valence-electron chi connectivity index (χ2n) is 4.03. The Labute approximate surface area is 94.2 Å². The molecule has 0 aliphatic carbocycles. The predicted molar refractivity (Wildman–Crippen MR) is 64.5 cm³/mol. The molecule has 3 nitrogen and oxygen atoms in total. The van der Waals surface area contributed by atoms with E-state index in [2.05, 4.69) is 16.9 Å². The Bertz CT molecular complexity index is 585. The molecule has 1 aromatic heterocycles. The zero-order valence-corrected chi connectivity index (χ0v) is 9.66. The zero-order valence-electron chi connectivity index (χ0n) is 9.66. The molecule has 0 saturated heterocycles. The van der Waals surface area contributed by atoms with Crippen LogP contribution in [0, 0.1) is 20.8 Å². The highest BCUT2D eigenvalue weighted by Crippen LogP contribution is 2.17. The average Bonchev–Trinajstić information content (AvgIpc) is 2.20. The van der Waals surface area contributed by atoms with Gasteiger partial charge < -0.3 is 4.98 Å². The number of hydrogen-bond donors (Lipinski definition) is 1. The van der Waals surface area contributed by atoms with E-state index in [0.29, 0.717) is 5.82 Å². The SMILES string of the molecule is Cc1cc(=O)[nH]c(-c2ccc(C)c(C)c2)n1. The van der Waals surface area contributed by atoms with Crippen LogP contribution < -0.4 is 5.56 Å². The number of aryl methyl sites for hydroxylation is 3. The summed E-state index contributed by atoms with van der Waals surface area (Å²) in [5.74, 6) is 0.633. The largest absolute Gasteiger partial charge is 0.307 e. The number of H-pyrrole nitrogens is 1. The topological polar surface area (TPSA) is 45.8 Å². The first kappa shape index (κ1) is 10.6. The van der Waals surface area contributed by atoms with E-state index in [9.17, 15) is 4.79 Å². The Kier molecular flexibility index (Phi) is 2.60. The van der Waals surface area contributed by atoms with Crippen molar-refractivity contribution in [3.8, 4) is 11.4 Å². The van der Waals surface area contributed by atoms with Crippen LogP contribution >= 0.6 is 0 Å². The normalized spacial score (nSPS) is 10.4. The summed E-state index contributed by atoms with van der Waals surface area (Å²) in [6, 6.07) is 7.53. The van der Waals surface area contributed by atoms with E-state index in [0.717, 1.165) is 11.3 Å². The van der Waals surface area contributed by atoms with Crippen molar-refractivity contribution in [1.82, 2.24) is 9.97 Å². The van der Waals surface area contributed by atoms with Gasteiger partial charge in [-0.2, -0.15) is 0 Å². The highest BCUT2D eigenvalue weighted by molar-refractivity contribution is 5.57. The Balaban J connectivity index is 2.58. The van der Waals surface area contributed by atoms with Gasteiger partial charge in [-0.15, -0.1) is 0 Å². The number of benzene rings is 1. The smallest absolute Gasteiger partial charge is 0.251 e. The van der Waals surface area contributed by atoms with Crippen molar-refractivity contribution in [2.24, 2.45) is 0 Å². The molecule has 0 spiro atoms. The van der Waals surface area contributed by atoms with Gasteiger partial charge in [-0.1, -0.05) is 12.1 Å². The number of aromatic amines is 1. The van der Waals surface area contributed by atoms with Crippen LogP contribution in [0.4, 0.5) is 0 Å². The number of aromatic nitrogens is 2. The first-order valence-electron chi connectivity index (χ1n) is 5.22. The molecule has 2 rings (SSSR count). The molecule has 1 heterocycles. The van der Waals surface area contributed by atoms with E-state index in [4.69, 9.17) is 0 Å². The van der Waals surface area contributed by atoms with Crippen LogP contribution in [0.1, 0.15) is 16.8 Å². The van der Waals surface area contributed by atoms with Crippen LogP contribution in [0.15, 0.2) is 29.1 Å². The maximum Gasteiger partial charge on any atom is 0.251 e. The van der Waals surface area contributed by atoms with Crippen LogP contribution in [0.5, 0.6) is 0 Å². The van der Waals surface area contributed by atoms with Crippen molar-refractivity contribution >= 4 is 0 Å². The number of hydrogen-bond acceptors (Lipinski definition) is 2. The van der Waals surface area contributed by atoms with E-state index < -0.39 is 0 Å². The van der Waals surface area contributed by atoms with E-state index in [-0.39, 0.29) is 5.56 Å². The lowest BCUT2D eigenvalue weighted by molar-refractivity contribution is 1.07. The molecule has 82 valence electrons. The van der Waals surface area contributed by atoms with E-state index in [1.54, 1.807) is 0 Å². The molecule has 1 aromatic carbocycles. The summed E-state index contributed by atoms with van der Waals surface area (Å²) in [7, 11) is 0. The van der Waals surface area contributed by atoms with Crippen LogP contribution in [0.25, 0.3) is 11.4 Å². The molecule has 0 saturated carbocycles. The van der Waals surface area contributed by atoms with Crippen LogP contribution in [0.3, 0.4) is 0 Å². The lowest BCUT2D eigenvalue weighted by Gasteiger charge is -2.05. The lowest BCUT2D eigenvalue weighted by atomic mass is 10.1. The van der Waals surface area contributed by atoms with E-state index >= 15 is 0 Å². The third kappa shape index (κ3) is 2.03. The number of nitrogens with zero attached hydrogens (tertiary/aromatic N) is 1. The molecule has 1 N–H and O–H groups in total. The molecule has 0 amide bonds. The van der Waals surface area contributed by atoms with Gasteiger partial charge in [0.15, 0.2) is 0 Å². The summed E-state index contributed by atoms with van der Waals surface area (Å²) in [6.45, 7) is 5.93. The Morgan fingerprint density at radius 1 is 1.06 bits per heavy atom. The molecule has 16 heavy (non-hydrogen) atoms. The summed E-state index contributed by atoms with van der Waals surface area (Å²) in [5.41, 5.74) is 4.00. The molecular weight excluding hydrogens is 200 g/mol. The second-order valence-corrected chi connectivity index (χ2v) is 4.03. The summed E-state index contributed by atoms with van der Waals surface area (Å²) in [5, 5.41) is 0. The Morgan fingerprint density at radius 2 is 1.81 bits per heavy atom. The van der Waals surface area contributed by atoms with Gasteiger partial charge in [-0.3, -0.25) is 4.79 Å². The Hall–Kier alpha value is -1.90.